The average molecular weight is 440 g/mol. The second-order valence-electron chi connectivity index (χ2n) is 8.41. The van der Waals surface area contributed by atoms with Gasteiger partial charge in [0.05, 0.1) is 21.7 Å². The zero-order valence-corrected chi connectivity index (χ0v) is 18.7. The summed E-state index contributed by atoms with van der Waals surface area (Å²) < 4.78 is 29.0. The molecule has 0 fully saturated rings. The van der Waals surface area contributed by atoms with Crippen molar-refractivity contribution in [2.45, 2.75) is 38.1 Å². The first kappa shape index (κ1) is 21.1. The normalized spacial score (nSPS) is 15.1. The molecule has 1 atom stereocenters. The Labute approximate surface area is 181 Å². The number of carbonyl (C=O) groups excluding carboxylic acids is 2. The van der Waals surface area contributed by atoms with Crippen molar-refractivity contribution < 1.29 is 18.0 Å². The summed E-state index contributed by atoms with van der Waals surface area (Å²) in [5.41, 5.74) is 1.82. The Balaban J connectivity index is 1.84. The van der Waals surface area contributed by atoms with E-state index in [1.54, 1.807) is 6.07 Å². The predicted molar refractivity (Wildman–Crippen MR) is 120 cm³/mol. The number of hydrogen-bond acceptors (Lipinski definition) is 4. The molecule has 0 radical (unpaired) electrons. The maximum Gasteiger partial charge on any atom is 0.264 e. The van der Waals surface area contributed by atoms with Gasteiger partial charge in [0, 0.05) is 30.2 Å². The number of imide groups is 1. The Morgan fingerprint density at radius 2 is 1.68 bits per heavy atom. The van der Waals surface area contributed by atoms with Gasteiger partial charge in [-0.05, 0) is 61.7 Å². The maximum absolute atomic E-state index is 13.8. The molecule has 2 amide bonds. The molecule has 1 aliphatic rings. The number of rotatable bonds is 6. The number of carbonyl (C=O) groups is 2. The number of sulfonamides is 1. The summed E-state index contributed by atoms with van der Waals surface area (Å²) in [6, 6.07) is 11.2. The van der Waals surface area contributed by atoms with E-state index < -0.39 is 21.8 Å². The van der Waals surface area contributed by atoms with E-state index in [9.17, 15) is 18.0 Å². The highest BCUT2D eigenvalue weighted by Crippen LogP contribution is 2.33. The van der Waals surface area contributed by atoms with E-state index >= 15 is 0 Å². The largest absolute Gasteiger partial charge is 0.361 e. The Bertz CT molecular complexity index is 1290. The summed E-state index contributed by atoms with van der Waals surface area (Å²) in [5.74, 6) is -0.629. The number of aromatic nitrogens is 1. The SMILES string of the molecule is CC(C)CC(C)N(c1ccc2[nH]ccc2c1)S(=O)(=O)c1ccc2c(c1)C(=O)N(C)C2=O. The monoisotopic (exact) mass is 439 g/mol. The number of H-pyrrole nitrogens is 1. The van der Waals surface area contributed by atoms with E-state index in [2.05, 4.69) is 4.98 Å². The van der Waals surface area contributed by atoms with Crippen LogP contribution in [-0.2, 0) is 10.0 Å². The van der Waals surface area contributed by atoms with Gasteiger partial charge in [0.1, 0.15) is 0 Å². The van der Waals surface area contributed by atoms with Gasteiger partial charge < -0.3 is 4.98 Å². The molecule has 1 aliphatic heterocycles. The van der Waals surface area contributed by atoms with Gasteiger partial charge in [0.2, 0.25) is 0 Å². The van der Waals surface area contributed by atoms with Gasteiger partial charge in [0.25, 0.3) is 21.8 Å². The first-order chi connectivity index (χ1) is 14.6. The van der Waals surface area contributed by atoms with Crippen LogP contribution < -0.4 is 4.31 Å². The number of nitrogens with zero attached hydrogens (tertiary/aromatic N) is 2. The zero-order chi connectivity index (χ0) is 22.5. The molecule has 1 N–H and O–H groups in total. The van der Waals surface area contributed by atoms with Crippen LogP contribution in [0.3, 0.4) is 0 Å². The molecule has 2 heterocycles. The summed E-state index contributed by atoms with van der Waals surface area (Å²) >= 11 is 0. The lowest BCUT2D eigenvalue weighted by Gasteiger charge is -2.31. The molecule has 1 unspecified atom stereocenters. The van der Waals surface area contributed by atoms with Crippen LogP contribution in [0.4, 0.5) is 5.69 Å². The summed E-state index contributed by atoms with van der Waals surface area (Å²) in [6.45, 7) is 5.98. The number of hydrogen-bond donors (Lipinski definition) is 1. The number of anilines is 1. The third kappa shape index (κ3) is 3.50. The lowest BCUT2D eigenvalue weighted by molar-refractivity contribution is 0.0693. The molecule has 4 rings (SSSR count). The molecule has 162 valence electrons. The lowest BCUT2D eigenvalue weighted by atomic mass is 10.0. The Hall–Kier alpha value is -3.13. The van der Waals surface area contributed by atoms with Crippen molar-refractivity contribution in [3.05, 3.63) is 59.8 Å². The highest BCUT2D eigenvalue weighted by atomic mass is 32.2. The molecule has 31 heavy (non-hydrogen) atoms. The molecule has 0 spiro atoms. The van der Waals surface area contributed by atoms with Crippen LogP contribution in [0.1, 0.15) is 47.9 Å². The molecule has 1 aromatic heterocycles. The van der Waals surface area contributed by atoms with Crippen LogP contribution in [0.5, 0.6) is 0 Å². The smallest absolute Gasteiger partial charge is 0.264 e. The number of fused-ring (bicyclic) bond motifs is 2. The number of benzene rings is 2. The Morgan fingerprint density at radius 1 is 0.968 bits per heavy atom. The van der Waals surface area contributed by atoms with Gasteiger partial charge in [-0.15, -0.1) is 0 Å². The molecular formula is C23H25N3O4S. The van der Waals surface area contributed by atoms with Crippen molar-refractivity contribution in [3.63, 3.8) is 0 Å². The lowest BCUT2D eigenvalue weighted by Crippen LogP contribution is -2.39. The number of amides is 2. The van der Waals surface area contributed by atoms with Crippen LogP contribution in [0.25, 0.3) is 10.9 Å². The van der Waals surface area contributed by atoms with Gasteiger partial charge in [0.15, 0.2) is 0 Å². The fourth-order valence-corrected chi connectivity index (χ4v) is 5.89. The first-order valence-electron chi connectivity index (χ1n) is 10.2. The zero-order valence-electron chi connectivity index (χ0n) is 17.9. The highest BCUT2D eigenvalue weighted by Gasteiger charge is 2.36. The number of nitrogens with one attached hydrogen (secondary N) is 1. The Kier molecular flexibility index (Phi) is 5.13. The van der Waals surface area contributed by atoms with E-state index in [1.165, 1.54) is 29.6 Å². The predicted octanol–water partition coefficient (Wildman–Crippen LogP) is 4.02. The molecule has 0 saturated heterocycles. The highest BCUT2D eigenvalue weighted by molar-refractivity contribution is 7.92. The van der Waals surface area contributed by atoms with Gasteiger partial charge in [-0.3, -0.25) is 18.8 Å². The molecule has 2 aromatic carbocycles. The van der Waals surface area contributed by atoms with Gasteiger partial charge in [-0.1, -0.05) is 13.8 Å². The molecule has 3 aromatic rings. The second-order valence-corrected chi connectivity index (χ2v) is 10.2. The minimum Gasteiger partial charge on any atom is -0.361 e. The van der Waals surface area contributed by atoms with E-state index in [-0.39, 0.29) is 28.0 Å². The fraction of sp³-hybridized carbons (Fsp3) is 0.304. The maximum atomic E-state index is 13.8. The molecule has 8 heteroatoms. The Morgan fingerprint density at radius 3 is 2.39 bits per heavy atom. The quantitative estimate of drug-likeness (QED) is 0.587. The minimum atomic E-state index is -3.99. The van der Waals surface area contributed by atoms with Crippen molar-refractivity contribution in [1.82, 2.24) is 9.88 Å². The van der Waals surface area contributed by atoms with E-state index in [1.807, 2.05) is 45.2 Å². The standard InChI is InChI=1S/C23H25N3O4S/c1-14(2)11-15(3)26(17-5-8-21-16(12-17)9-10-24-21)31(29,30)18-6-7-19-20(13-18)23(28)25(4)22(19)27/h5-10,12-15,24H,11H2,1-4H3. The summed E-state index contributed by atoms with van der Waals surface area (Å²) in [7, 11) is -2.60. The van der Waals surface area contributed by atoms with Crippen LogP contribution >= 0.6 is 0 Å². The van der Waals surface area contributed by atoms with E-state index in [0.29, 0.717) is 12.1 Å². The summed E-state index contributed by atoms with van der Waals surface area (Å²) in [6.07, 6.45) is 2.47. The first-order valence-corrected chi connectivity index (χ1v) is 11.6. The molecule has 0 bridgehead atoms. The summed E-state index contributed by atoms with van der Waals surface area (Å²) in [4.78, 5) is 28.7. The van der Waals surface area contributed by atoms with Crippen molar-refractivity contribution in [3.8, 4) is 0 Å². The molecule has 0 aliphatic carbocycles. The van der Waals surface area contributed by atoms with Crippen molar-refractivity contribution in [2.24, 2.45) is 5.92 Å². The van der Waals surface area contributed by atoms with Crippen LogP contribution in [0.15, 0.2) is 53.6 Å². The molecular weight excluding hydrogens is 414 g/mol. The van der Waals surface area contributed by atoms with Gasteiger partial charge in [-0.25, -0.2) is 8.42 Å². The topological polar surface area (TPSA) is 90.6 Å². The minimum absolute atomic E-state index is 0.00697. The third-order valence-corrected chi connectivity index (χ3v) is 7.56. The summed E-state index contributed by atoms with van der Waals surface area (Å²) in [5, 5.41) is 0.908. The van der Waals surface area contributed by atoms with Crippen molar-refractivity contribution in [1.29, 1.82) is 0 Å². The van der Waals surface area contributed by atoms with Gasteiger partial charge in [-0.2, -0.15) is 0 Å². The van der Waals surface area contributed by atoms with E-state index in [0.717, 1.165) is 15.8 Å². The van der Waals surface area contributed by atoms with Crippen LogP contribution in [-0.4, -0.2) is 43.2 Å². The van der Waals surface area contributed by atoms with Crippen molar-refractivity contribution >= 4 is 38.4 Å². The fourth-order valence-electron chi connectivity index (χ4n) is 4.20. The van der Waals surface area contributed by atoms with E-state index in [4.69, 9.17) is 0 Å². The van der Waals surface area contributed by atoms with Crippen molar-refractivity contribution in [2.75, 3.05) is 11.4 Å². The molecule has 0 saturated carbocycles. The van der Waals surface area contributed by atoms with Crippen LogP contribution in [0, 0.1) is 5.92 Å². The van der Waals surface area contributed by atoms with Crippen LogP contribution in [0.2, 0.25) is 0 Å². The van der Waals surface area contributed by atoms with Gasteiger partial charge >= 0.3 is 0 Å². The average Bonchev–Trinajstić information content (AvgIpc) is 3.26. The number of aromatic amines is 1. The third-order valence-electron chi connectivity index (χ3n) is 5.62. The molecule has 7 nitrogen and oxygen atoms in total. The second kappa shape index (κ2) is 7.53.